The number of aromatic amines is 1. The molecular weight excluding hydrogens is 208 g/mol. The van der Waals surface area contributed by atoms with Crippen LogP contribution in [0.2, 0.25) is 0 Å². The minimum atomic E-state index is -0.173. The number of nitrogens with one attached hydrogen (secondary N) is 1. The summed E-state index contributed by atoms with van der Waals surface area (Å²) >= 11 is 0. The number of rotatable bonds is 4. The fraction of sp³-hybridized carbons (Fsp3) is 0.364. The van der Waals surface area contributed by atoms with Gasteiger partial charge < -0.3 is 14.8 Å². The summed E-state index contributed by atoms with van der Waals surface area (Å²) in [6.45, 7) is 0.546. The Labute approximate surface area is 92.3 Å². The summed E-state index contributed by atoms with van der Waals surface area (Å²) in [4.78, 5) is 14.4. The molecule has 0 saturated carbocycles. The maximum absolute atomic E-state index is 11.7. The van der Waals surface area contributed by atoms with Crippen LogP contribution in [-0.4, -0.2) is 28.4 Å². The molecule has 0 unspecified atom stereocenters. The molecule has 0 aliphatic heterocycles. The van der Waals surface area contributed by atoms with Crippen molar-refractivity contribution >= 4 is 11.0 Å². The van der Waals surface area contributed by atoms with Crippen molar-refractivity contribution < 1.29 is 9.84 Å². The number of fused-ring (bicyclic) bond motifs is 1. The number of imidazole rings is 1. The van der Waals surface area contributed by atoms with E-state index in [-0.39, 0.29) is 12.3 Å². The van der Waals surface area contributed by atoms with Gasteiger partial charge in [0, 0.05) is 13.2 Å². The average Bonchev–Trinajstić information content (AvgIpc) is 2.62. The first-order valence-electron chi connectivity index (χ1n) is 5.14. The predicted molar refractivity (Wildman–Crippen MR) is 60.8 cm³/mol. The minimum absolute atomic E-state index is 0.0638. The van der Waals surface area contributed by atoms with Crippen LogP contribution in [0, 0.1) is 0 Å². The fourth-order valence-corrected chi connectivity index (χ4v) is 1.79. The largest absolute Gasteiger partial charge is 0.494 e. The normalized spacial score (nSPS) is 10.9. The summed E-state index contributed by atoms with van der Waals surface area (Å²) in [5.41, 5.74) is 1.33. The van der Waals surface area contributed by atoms with E-state index in [0.717, 1.165) is 11.0 Å². The van der Waals surface area contributed by atoms with Crippen molar-refractivity contribution in [3.63, 3.8) is 0 Å². The monoisotopic (exact) mass is 222 g/mol. The number of aromatic nitrogens is 2. The van der Waals surface area contributed by atoms with Crippen molar-refractivity contribution in [1.82, 2.24) is 9.55 Å². The first-order valence-corrected chi connectivity index (χ1v) is 5.14. The van der Waals surface area contributed by atoms with Gasteiger partial charge in [0.15, 0.2) is 0 Å². The third kappa shape index (κ3) is 1.69. The smallest absolute Gasteiger partial charge is 0.326 e. The zero-order valence-corrected chi connectivity index (χ0v) is 9.06. The lowest BCUT2D eigenvalue weighted by molar-refractivity contribution is 0.279. The molecule has 2 aromatic rings. The van der Waals surface area contributed by atoms with Gasteiger partial charge in [0.1, 0.15) is 11.3 Å². The average molecular weight is 222 g/mol. The van der Waals surface area contributed by atoms with Gasteiger partial charge in [-0.05, 0) is 18.6 Å². The van der Waals surface area contributed by atoms with E-state index in [1.54, 1.807) is 11.7 Å². The van der Waals surface area contributed by atoms with E-state index in [1.807, 2.05) is 18.2 Å². The third-order valence-corrected chi connectivity index (χ3v) is 2.52. The van der Waals surface area contributed by atoms with Crippen molar-refractivity contribution in [3.8, 4) is 5.75 Å². The lowest BCUT2D eigenvalue weighted by Gasteiger charge is -2.05. The zero-order valence-electron chi connectivity index (χ0n) is 9.06. The van der Waals surface area contributed by atoms with E-state index in [1.165, 1.54) is 0 Å². The molecule has 1 aromatic carbocycles. The lowest BCUT2D eigenvalue weighted by Crippen LogP contribution is -2.17. The number of nitrogens with zero attached hydrogens (tertiary/aromatic N) is 1. The Balaban J connectivity index is 2.61. The van der Waals surface area contributed by atoms with E-state index in [9.17, 15) is 4.79 Å². The van der Waals surface area contributed by atoms with Crippen LogP contribution in [0.3, 0.4) is 0 Å². The van der Waals surface area contributed by atoms with Gasteiger partial charge in [-0.1, -0.05) is 6.07 Å². The number of methoxy groups -OCH3 is 1. The van der Waals surface area contributed by atoms with Gasteiger partial charge in [0.05, 0.1) is 12.6 Å². The Morgan fingerprint density at radius 1 is 1.50 bits per heavy atom. The lowest BCUT2D eigenvalue weighted by atomic mass is 10.3. The number of para-hydroxylation sites is 1. The number of aliphatic hydroxyl groups is 1. The molecule has 2 rings (SSSR count). The van der Waals surface area contributed by atoms with E-state index >= 15 is 0 Å². The van der Waals surface area contributed by atoms with Crippen LogP contribution in [0.1, 0.15) is 6.42 Å². The molecule has 5 heteroatoms. The Kier molecular flexibility index (Phi) is 2.96. The summed E-state index contributed by atoms with van der Waals surface area (Å²) in [6, 6.07) is 5.47. The van der Waals surface area contributed by atoms with E-state index < -0.39 is 0 Å². The molecule has 0 bridgehead atoms. The van der Waals surface area contributed by atoms with E-state index in [4.69, 9.17) is 9.84 Å². The van der Waals surface area contributed by atoms with Gasteiger partial charge in [0.25, 0.3) is 0 Å². The van der Waals surface area contributed by atoms with Gasteiger partial charge in [0.2, 0.25) is 0 Å². The molecule has 86 valence electrons. The Morgan fingerprint density at radius 2 is 2.31 bits per heavy atom. The Hall–Kier alpha value is -1.75. The maximum Gasteiger partial charge on any atom is 0.326 e. The minimum Gasteiger partial charge on any atom is -0.494 e. The number of hydrogen-bond donors (Lipinski definition) is 2. The maximum atomic E-state index is 11.7. The van der Waals surface area contributed by atoms with Crippen molar-refractivity contribution in [2.75, 3.05) is 13.7 Å². The highest BCUT2D eigenvalue weighted by atomic mass is 16.5. The van der Waals surface area contributed by atoms with Crippen LogP contribution in [0.15, 0.2) is 23.0 Å². The van der Waals surface area contributed by atoms with Crippen molar-refractivity contribution in [3.05, 3.63) is 28.7 Å². The molecular formula is C11H14N2O3. The summed E-state index contributed by atoms with van der Waals surface area (Å²) in [7, 11) is 1.57. The molecule has 0 amide bonds. The number of hydrogen-bond acceptors (Lipinski definition) is 3. The second-order valence-corrected chi connectivity index (χ2v) is 3.52. The first kappa shape index (κ1) is 10.8. The van der Waals surface area contributed by atoms with E-state index in [0.29, 0.717) is 18.7 Å². The van der Waals surface area contributed by atoms with Crippen LogP contribution in [0.5, 0.6) is 5.75 Å². The Bertz CT molecular complexity index is 542. The van der Waals surface area contributed by atoms with Gasteiger partial charge in [-0.2, -0.15) is 0 Å². The summed E-state index contributed by atoms with van der Waals surface area (Å²) in [5, 5.41) is 8.80. The molecule has 1 heterocycles. The quantitative estimate of drug-likeness (QED) is 0.801. The van der Waals surface area contributed by atoms with Crippen LogP contribution < -0.4 is 10.4 Å². The van der Waals surface area contributed by atoms with Gasteiger partial charge in [-0.3, -0.25) is 4.57 Å². The molecule has 0 atom stereocenters. The van der Waals surface area contributed by atoms with Crippen LogP contribution in [-0.2, 0) is 6.54 Å². The van der Waals surface area contributed by atoms with Crippen LogP contribution in [0.4, 0.5) is 0 Å². The molecule has 0 aliphatic rings. The Morgan fingerprint density at radius 3 is 3.00 bits per heavy atom. The molecule has 5 nitrogen and oxygen atoms in total. The molecule has 0 aliphatic carbocycles. The predicted octanol–water partition coefficient (Wildman–Crippen LogP) is 0.721. The highest BCUT2D eigenvalue weighted by Gasteiger charge is 2.10. The molecule has 2 N–H and O–H groups in total. The number of ether oxygens (including phenoxy) is 1. The first-order chi connectivity index (χ1) is 7.77. The van der Waals surface area contributed by atoms with Crippen LogP contribution in [0.25, 0.3) is 11.0 Å². The van der Waals surface area contributed by atoms with Gasteiger partial charge in [-0.15, -0.1) is 0 Å². The highest BCUT2D eigenvalue weighted by molar-refractivity contribution is 5.81. The molecule has 0 fully saturated rings. The van der Waals surface area contributed by atoms with Crippen molar-refractivity contribution in [2.24, 2.45) is 0 Å². The molecule has 1 aromatic heterocycles. The van der Waals surface area contributed by atoms with E-state index in [2.05, 4.69) is 4.98 Å². The number of aliphatic hydroxyl groups excluding tert-OH is 1. The van der Waals surface area contributed by atoms with Crippen molar-refractivity contribution in [1.29, 1.82) is 0 Å². The molecule has 0 radical (unpaired) electrons. The second kappa shape index (κ2) is 4.40. The van der Waals surface area contributed by atoms with Crippen molar-refractivity contribution in [2.45, 2.75) is 13.0 Å². The standard InChI is InChI=1S/C11H14N2O3/c1-16-9-5-2-4-8-10(9)13(6-3-7-14)11(15)12-8/h2,4-5,14H,3,6-7H2,1H3,(H,12,15). The van der Waals surface area contributed by atoms with Crippen LogP contribution >= 0.6 is 0 Å². The molecule has 16 heavy (non-hydrogen) atoms. The topological polar surface area (TPSA) is 67.2 Å². The summed E-state index contributed by atoms with van der Waals surface area (Å²) < 4.78 is 6.81. The number of H-pyrrole nitrogens is 1. The van der Waals surface area contributed by atoms with Gasteiger partial charge >= 0.3 is 5.69 Å². The second-order valence-electron chi connectivity index (χ2n) is 3.52. The summed E-state index contributed by atoms with van der Waals surface area (Å²) in [6.07, 6.45) is 0.547. The third-order valence-electron chi connectivity index (χ3n) is 2.52. The zero-order chi connectivity index (χ0) is 11.5. The number of benzene rings is 1. The van der Waals surface area contributed by atoms with Gasteiger partial charge in [-0.25, -0.2) is 4.79 Å². The summed E-state index contributed by atoms with van der Waals surface area (Å²) in [5.74, 6) is 0.661. The number of aryl methyl sites for hydroxylation is 1. The molecule has 0 saturated heterocycles. The molecule has 0 spiro atoms. The fourth-order valence-electron chi connectivity index (χ4n) is 1.79. The highest BCUT2D eigenvalue weighted by Crippen LogP contribution is 2.22. The SMILES string of the molecule is COc1cccc2[nH]c(=O)n(CCCO)c12.